The zero-order chi connectivity index (χ0) is 24.1. The minimum Gasteiger partial charge on any atom is -0.485 e. The van der Waals surface area contributed by atoms with Gasteiger partial charge in [-0.15, -0.1) is 6.58 Å². The molecule has 0 spiro atoms. The van der Waals surface area contributed by atoms with E-state index in [1.807, 2.05) is 43.3 Å². The SMILES string of the molecule is C=CCc1ccccc1OCc1ccc(C(=O)Nc2cc(C)n(Cc3ccc(Cl)c(Cl)c3)n2)o1. The van der Waals surface area contributed by atoms with Crippen molar-refractivity contribution in [1.82, 2.24) is 9.78 Å². The average Bonchev–Trinajstić information content (AvgIpc) is 3.42. The molecule has 8 heteroatoms. The number of carbonyl (C=O) groups excluding carboxylic acids is 1. The van der Waals surface area contributed by atoms with E-state index in [1.165, 1.54) is 0 Å². The van der Waals surface area contributed by atoms with E-state index >= 15 is 0 Å². The molecule has 0 atom stereocenters. The lowest BCUT2D eigenvalue weighted by Crippen LogP contribution is -2.12. The number of aryl methyl sites for hydroxylation is 1. The van der Waals surface area contributed by atoms with Gasteiger partial charge in [-0.25, -0.2) is 0 Å². The number of hydrogen-bond donors (Lipinski definition) is 1. The zero-order valence-electron chi connectivity index (χ0n) is 18.6. The predicted octanol–water partition coefficient (Wildman–Crippen LogP) is 6.70. The maximum atomic E-state index is 12.7. The van der Waals surface area contributed by atoms with Gasteiger partial charge in [-0.05, 0) is 54.8 Å². The van der Waals surface area contributed by atoms with Crippen LogP contribution in [0.2, 0.25) is 10.0 Å². The lowest BCUT2D eigenvalue weighted by molar-refractivity contribution is 0.0992. The van der Waals surface area contributed by atoms with E-state index in [0.717, 1.165) is 22.6 Å². The molecule has 4 rings (SSSR count). The number of ether oxygens (including phenoxy) is 1. The number of furan rings is 1. The van der Waals surface area contributed by atoms with Gasteiger partial charge in [0.05, 0.1) is 16.6 Å². The molecular formula is C26H23Cl2N3O3. The van der Waals surface area contributed by atoms with Gasteiger partial charge in [-0.2, -0.15) is 5.10 Å². The smallest absolute Gasteiger partial charge is 0.292 e. The molecule has 0 bridgehead atoms. The summed E-state index contributed by atoms with van der Waals surface area (Å²) < 4.78 is 13.3. The third-order valence-electron chi connectivity index (χ3n) is 5.13. The van der Waals surface area contributed by atoms with Gasteiger partial charge in [-0.1, -0.05) is 53.5 Å². The number of nitrogens with zero attached hydrogens (tertiary/aromatic N) is 2. The van der Waals surface area contributed by atoms with Gasteiger partial charge in [0.1, 0.15) is 18.1 Å². The molecular weight excluding hydrogens is 473 g/mol. The number of benzene rings is 2. The van der Waals surface area contributed by atoms with Gasteiger partial charge in [0.25, 0.3) is 5.91 Å². The average molecular weight is 496 g/mol. The summed E-state index contributed by atoms with van der Waals surface area (Å²) in [6.07, 6.45) is 2.53. The molecule has 0 fully saturated rings. The van der Waals surface area contributed by atoms with Crippen LogP contribution in [0.1, 0.15) is 33.1 Å². The van der Waals surface area contributed by atoms with Crippen molar-refractivity contribution in [3.63, 3.8) is 0 Å². The Kier molecular flexibility index (Phi) is 7.40. The molecule has 2 aromatic carbocycles. The molecule has 0 aliphatic rings. The van der Waals surface area contributed by atoms with Gasteiger partial charge < -0.3 is 14.5 Å². The monoisotopic (exact) mass is 495 g/mol. The summed E-state index contributed by atoms with van der Waals surface area (Å²) in [4.78, 5) is 12.7. The Labute approximate surface area is 207 Å². The van der Waals surface area contributed by atoms with Crippen LogP contribution in [-0.4, -0.2) is 15.7 Å². The molecule has 2 aromatic heterocycles. The normalized spacial score (nSPS) is 10.8. The van der Waals surface area contributed by atoms with Crippen molar-refractivity contribution in [3.05, 3.63) is 112 Å². The Morgan fingerprint density at radius 2 is 1.97 bits per heavy atom. The summed E-state index contributed by atoms with van der Waals surface area (Å²) in [5.41, 5.74) is 2.87. The molecule has 1 N–H and O–H groups in total. The Morgan fingerprint density at radius 3 is 2.76 bits per heavy atom. The fourth-order valence-corrected chi connectivity index (χ4v) is 3.74. The number of allylic oxidation sites excluding steroid dienone is 1. The third-order valence-corrected chi connectivity index (χ3v) is 5.87. The van der Waals surface area contributed by atoms with E-state index < -0.39 is 5.91 Å². The highest BCUT2D eigenvalue weighted by molar-refractivity contribution is 6.42. The van der Waals surface area contributed by atoms with Crippen LogP contribution < -0.4 is 10.1 Å². The Bertz CT molecular complexity index is 1330. The molecule has 174 valence electrons. The van der Waals surface area contributed by atoms with Crippen LogP contribution in [0, 0.1) is 6.92 Å². The van der Waals surface area contributed by atoms with E-state index in [9.17, 15) is 4.79 Å². The molecule has 0 aliphatic carbocycles. The van der Waals surface area contributed by atoms with Crippen molar-refractivity contribution in [1.29, 1.82) is 0 Å². The summed E-state index contributed by atoms with van der Waals surface area (Å²) in [6.45, 7) is 6.38. The highest BCUT2D eigenvalue weighted by Gasteiger charge is 2.15. The highest BCUT2D eigenvalue weighted by Crippen LogP contribution is 2.24. The lowest BCUT2D eigenvalue weighted by Gasteiger charge is -2.08. The molecule has 6 nitrogen and oxygen atoms in total. The summed E-state index contributed by atoms with van der Waals surface area (Å²) in [5.74, 6) is 1.51. The predicted molar refractivity (Wildman–Crippen MR) is 134 cm³/mol. The first-order chi connectivity index (χ1) is 16.4. The summed E-state index contributed by atoms with van der Waals surface area (Å²) >= 11 is 12.1. The number of rotatable bonds is 9. The van der Waals surface area contributed by atoms with Crippen LogP contribution >= 0.6 is 23.2 Å². The fourth-order valence-electron chi connectivity index (χ4n) is 3.42. The van der Waals surface area contributed by atoms with Crippen LogP contribution in [0.5, 0.6) is 5.75 Å². The number of aromatic nitrogens is 2. The molecule has 2 heterocycles. The number of hydrogen-bond acceptors (Lipinski definition) is 4. The first-order valence-corrected chi connectivity index (χ1v) is 11.4. The van der Waals surface area contributed by atoms with Crippen LogP contribution in [0.4, 0.5) is 5.82 Å². The highest BCUT2D eigenvalue weighted by atomic mass is 35.5. The number of nitrogens with one attached hydrogen (secondary N) is 1. The van der Waals surface area contributed by atoms with Gasteiger partial charge in [0.2, 0.25) is 0 Å². The van der Waals surface area contributed by atoms with E-state index in [1.54, 1.807) is 35.0 Å². The maximum absolute atomic E-state index is 12.7. The van der Waals surface area contributed by atoms with Crippen molar-refractivity contribution in [2.45, 2.75) is 26.5 Å². The first-order valence-electron chi connectivity index (χ1n) is 10.6. The van der Waals surface area contributed by atoms with Gasteiger partial charge in [0, 0.05) is 11.8 Å². The van der Waals surface area contributed by atoms with Crippen LogP contribution in [-0.2, 0) is 19.6 Å². The molecule has 4 aromatic rings. The minimum absolute atomic E-state index is 0.176. The summed E-state index contributed by atoms with van der Waals surface area (Å²) in [5, 5.41) is 8.23. The van der Waals surface area contributed by atoms with E-state index in [-0.39, 0.29) is 12.4 Å². The Balaban J connectivity index is 1.38. The molecule has 1 amide bonds. The number of amides is 1. The van der Waals surface area contributed by atoms with E-state index in [2.05, 4.69) is 17.0 Å². The van der Waals surface area contributed by atoms with Crippen molar-refractivity contribution in [2.75, 3.05) is 5.32 Å². The molecule has 0 saturated heterocycles. The summed E-state index contributed by atoms with van der Waals surface area (Å²) in [7, 11) is 0. The van der Waals surface area contributed by atoms with Gasteiger partial charge in [0.15, 0.2) is 11.6 Å². The van der Waals surface area contributed by atoms with Crippen molar-refractivity contribution < 1.29 is 13.9 Å². The molecule has 0 unspecified atom stereocenters. The van der Waals surface area contributed by atoms with Gasteiger partial charge >= 0.3 is 0 Å². The second kappa shape index (κ2) is 10.6. The van der Waals surface area contributed by atoms with Crippen molar-refractivity contribution in [2.24, 2.45) is 0 Å². The fraction of sp³-hybridized carbons (Fsp3) is 0.154. The molecule has 0 aliphatic heterocycles. The van der Waals surface area contributed by atoms with Crippen LogP contribution in [0.15, 0.2) is 77.7 Å². The van der Waals surface area contributed by atoms with Crippen LogP contribution in [0.25, 0.3) is 0 Å². The zero-order valence-corrected chi connectivity index (χ0v) is 20.1. The lowest BCUT2D eigenvalue weighted by atomic mass is 10.1. The number of para-hydroxylation sites is 1. The number of halogens is 2. The van der Waals surface area contributed by atoms with E-state index in [4.69, 9.17) is 32.4 Å². The first kappa shape index (κ1) is 23.7. The maximum Gasteiger partial charge on any atom is 0.292 e. The van der Waals surface area contributed by atoms with Crippen molar-refractivity contribution >= 4 is 34.9 Å². The Morgan fingerprint density at radius 1 is 1.15 bits per heavy atom. The molecule has 0 radical (unpaired) electrons. The van der Waals surface area contributed by atoms with Crippen LogP contribution in [0.3, 0.4) is 0 Å². The number of anilines is 1. The summed E-state index contributed by atoms with van der Waals surface area (Å²) in [6, 6.07) is 18.3. The quantitative estimate of drug-likeness (QED) is 0.262. The van der Waals surface area contributed by atoms with E-state index in [0.29, 0.717) is 34.6 Å². The minimum atomic E-state index is -0.391. The standard InChI is InChI=1S/C26H23Cl2N3O3/c1-3-6-19-7-4-5-8-23(19)33-16-20-10-12-24(34-20)26(32)29-25-13-17(2)31(30-25)15-18-9-11-21(27)22(28)14-18/h3-5,7-14H,1,6,15-16H2,2H3,(H,29,30,32). The van der Waals surface area contributed by atoms with Crippen molar-refractivity contribution in [3.8, 4) is 5.75 Å². The molecule has 0 saturated carbocycles. The topological polar surface area (TPSA) is 69.3 Å². The Hall–Kier alpha value is -3.48. The third kappa shape index (κ3) is 5.71. The number of carbonyl (C=O) groups is 1. The second-order valence-electron chi connectivity index (χ2n) is 7.69. The largest absolute Gasteiger partial charge is 0.485 e. The second-order valence-corrected chi connectivity index (χ2v) is 8.50. The van der Waals surface area contributed by atoms with Gasteiger partial charge in [-0.3, -0.25) is 9.48 Å². The molecule has 34 heavy (non-hydrogen) atoms.